The van der Waals surface area contributed by atoms with Gasteiger partial charge in [0.25, 0.3) is 0 Å². The second-order valence-corrected chi connectivity index (χ2v) is 9.41. The molecule has 6 aliphatic rings. The fourth-order valence-electron chi connectivity index (χ4n) is 8.31. The van der Waals surface area contributed by atoms with Crippen molar-refractivity contribution in [3.63, 3.8) is 0 Å². The summed E-state index contributed by atoms with van der Waals surface area (Å²) in [7, 11) is 0. The SMILES string of the molecule is CCC(=O)OC1C2OC(=O)C34C5CC6C(C)(C5)OC(=O)C63C1(C)OC24C. The van der Waals surface area contributed by atoms with Gasteiger partial charge in [0.05, 0.1) is 0 Å². The monoisotopic (exact) mass is 362 g/mol. The van der Waals surface area contributed by atoms with Gasteiger partial charge in [-0.1, -0.05) is 6.92 Å². The van der Waals surface area contributed by atoms with Gasteiger partial charge >= 0.3 is 17.9 Å². The van der Waals surface area contributed by atoms with Crippen molar-refractivity contribution >= 4 is 17.9 Å². The molecule has 7 nitrogen and oxygen atoms in total. The van der Waals surface area contributed by atoms with E-state index in [2.05, 4.69) is 0 Å². The van der Waals surface area contributed by atoms with Crippen LogP contribution in [0, 0.1) is 22.7 Å². The quantitative estimate of drug-likeness (QED) is 0.537. The van der Waals surface area contributed by atoms with Crippen LogP contribution in [-0.2, 0) is 33.3 Å². The molecule has 140 valence electrons. The van der Waals surface area contributed by atoms with Crippen LogP contribution >= 0.6 is 0 Å². The summed E-state index contributed by atoms with van der Waals surface area (Å²) in [4.78, 5) is 38.8. The van der Waals surface area contributed by atoms with Crippen LogP contribution in [0.3, 0.4) is 0 Å². The molecule has 2 saturated carbocycles. The molecule has 4 aliphatic heterocycles. The van der Waals surface area contributed by atoms with E-state index in [1.807, 2.05) is 20.8 Å². The van der Waals surface area contributed by atoms with Crippen LogP contribution in [0.25, 0.3) is 0 Å². The summed E-state index contributed by atoms with van der Waals surface area (Å²) in [6.07, 6.45) is 0.124. The molecule has 4 bridgehead atoms. The first-order chi connectivity index (χ1) is 12.1. The van der Waals surface area contributed by atoms with Crippen molar-refractivity contribution < 1.29 is 33.3 Å². The molecule has 0 radical (unpaired) electrons. The lowest BCUT2D eigenvalue weighted by Crippen LogP contribution is -2.70. The Balaban J connectivity index is 1.66. The second-order valence-electron chi connectivity index (χ2n) is 9.41. The van der Waals surface area contributed by atoms with Crippen LogP contribution in [0.1, 0.15) is 47.0 Å². The number of hydrogen-bond acceptors (Lipinski definition) is 7. The number of carbonyl (C=O) groups excluding carboxylic acids is 3. The van der Waals surface area contributed by atoms with Crippen LogP contribution in [0.4, 0.5) is 0 Å². The predicted molar refractivity (Wildman–Crippen MR) is 83.5 cm³/mol. The van der Waals surface area contributed by atoms with Crippen molar-refractivity contribution in [1.29, 1.82) is 0 Å². The lowest BCUT2D eigenvalue weighted by Gasteiger charge is -2.51. The van der Waals surface area contributed by atoms with Gasteiger partial charge in [-0.25, -0.2) is 0 Å². The highest BCUT2D eigenvalue weighted by molar-refractivity contribution is 5.99. The molecule has 0 amide bonds. The summed E-state index contributed by atoms with van der Waals surface area (Å²) in [5.41, 5.74) is -4.88. The molecule has 0 aromatic carbocycles. The Morgan fingerprint density at radius 3 is 2.58 bits per heavy atom. The maximum atomic E-state index is 13.4. The van der Waals surface area contributed by atoms with Crippen molar-refractivity contribution in [3.05, 3.63) is 0 Å². The molecule has 4 saturated heterocycles. The Morgan fingerprint density at radius 2 is 1.88 bits per heavy atom. The normalized spacial score (nSPS) is 62.5. The average molecular weight is 362 g/mol. The third kappa shape index (κ3) is 0.994. The van der Waals surface area contributed by atoms with Gasteiger partial charge < -0.3 is 18.9 Å². The van der Waals surface area contributed by atoms with Crippen molar-refractivity contribution in [2.24, 2.45) is 22.7 Å². The van der Waals surface area contributed by atoms with Crippen molar-refractivity contribution in [2.75, 3.05) is 0 Å². The van der Waals surface area contributed by atoms with E-state index in [4.69, 9.17) is 18.9 Å². The van der Waals surface area contributed by atoms with Gasteiger partial charge in [0.1, 0.15) is 27.6 Å². The minimum Gasteiger partial charge on any atom is -0.458 e. The Hall–Kier alpha value is -1.63. The first kappa shape index (κ1) is 15.4. The summed E-state index contributed by atoms with van der Waals surface area (Å²) in [5.74, 6) is -1.30. The van der Waals surface area contributed by atoms with E-state index >= 15 is 0 Å². The second kappa shape index (κ2) is 3.68. The number of hydrogen-bond donors (Lipinski definition) is 0. The topological polar surface area (TPSA) is 88.1 Å². The number of carbonyl (C=O) groups is 3. The fourth-order valence-corrected chi connectivity index (χ4v) is 8.31. The first-order valence-corrected chi connectivity index (χ1v) is 9.47. The lowest BCUT2D eigenvalue weighted by atomic mass is 9.43. The molecule has 2 spiro atoms. The fraction of sp³-hybridized carbons (Fsp3) is 0.842. The first-order valence-electron chi connectivity index (χ1n) is 9.47. The largest absolute Gasteiger partial charge is 0.458 e. The number of ether oxygens (including phenoxy) is 4. The van der Waals surface area contributed by atoms with Crippen LogP contribution in [0.15, 0.2) is 0 Å². The third-order valence-corrected chi connectivity index (χ3v) is 8.77. The highest BCUT2D eigenvalue weighted by Gasteiger charge is 3.04. The summed E-state index contributed by atoms with van der Waals surface area (Å²) >= 11 is 0. The molecule has 9 unspecified atom stereocenters. The zero-order valence-corrected chi connectivity index (χ0v) is 15.3. The summed E-state index contributed by atoms with van der Waals surface area (Å²) in [6.45, 7) is 7.34. The van der Waals surface area contributed by atoms with Crippen LogP contribution in [-0.4, -0.2) is 46.9 Å². The molecule has 6 fully saturated rings. The van der Waals surface area contributed by atoms with Gasteiger partial charge in [0.2, 0.25) is 0 Å². The Morgan fingerprint density at radius 1 is 1.15 bits per heavy atom. The van der Waals surface area contributed by atoms with Gasteiger partial charge in [-0.2, -0.15) is 0 Å². The average Bonchev–Trinajstić information content (AvgIpc) is 3.23. The third-order valence-electron chi connectivity index (χ3n) is 8.77. The van der Waals surface area contributed by atoms with E-state index < -0.39 is 45.8 Å². The number of fused-ring (bicyclic) bond motifs is 2. The molecule has 7 heteroatoms. The minimum atomic E-state index is -1.14. The standard InChI is InChI=1S/C19H22O7/c1-5-10(20)23-11-12-16(3)18(13(21)24-12)8-6-9-15(2,7-8)25-14(22)19(9,18)17(11,4)26-16/h8-9,11-12H,5-7H2,1-4H3. The molecule has 0 aromatic heterocycles. The van der Waals surface area contributed by atoms with E-state index in [1.54, 1.807) is 6.92 Å². The van der Waals surface area contributed by atoms with Crippen molar-refractivity contribution in [1.82, 2.24) is 0 Å². The molecular formula is C19H22O7. The zero-order chi connectivity index (χ0) is 18.5. The Kier molecular flexibility index (Phi) is 2.18. The Labute approximate surface area is 150 Å². The lowest BCUT2D eigenvalue weighted by molar-refractivity contribution is -0.182. The molecule has 4 heterocycles. The maximum Gasteiger partial charge on any atom is 0.317 e. The van der Waals surface area contributed by atoms with Crippen molar-refractivity contribution in [2.45, 2.75) is 76.0 Å². The molecule has 0 aromatic rings. The van der Waals surface area contributed by atoms with E-state index in [0.717, 1.165) is 6.42 Å². The van der Waals surface area contributed by atoms with Gasteiger partial charge in [0.15, 0.2) is 12.2 Å². The van der Waals surface area contributed by atoms with Crippen LogP contribution in [0.5, 0.6) is 0 Å². The van der Waals surface area contributed by atoms with Gasteiger partial charge in [-0.3, -0.25) is 14.4 Å². The van der Waals surface area contributed by atoms with E-state index in [1.165, 1.54) is 0 Å². The van der Waals surface area contributed by atoms with Crippen molar-refractivity contribution in [3.8, 4) is 0 Å². The molecule has 9 atom stereocenters. The molecule has 6 rings (SSSR count). The van der Waals surface area contributed by atoms with Gasteiger partial charge in [-0.15, -0.1) is 0 Å². The Bertz CT molecular complexity index is 823. The molecule has 26 heavy (non-hydrogen) atoms. The highest BCUT2D eigenvalue weighted by Crippen LogP contribution is 2.89. The van der Waals surface area contributed by atoms with E-state index in [-0.39, 0.29) is 30.2 Å². The predicted octanol–water partition coefficient (Wildman–Crippen LogP) is 1.12. The van der Waals surface area contributed by atoms with Gasteiger partial charge in [0, 0.05) is 12.3 Å². The number of rotatable bonds is 2. The maximum absolute atomic E-state index is 13.4. The van der Waals surface area contributed by atoms with E-state index in [0.29, 0.717) is 6.42 Å². The minimum absolute atomic E-state index is 0.0175. The summed E-state index contributed by atoms with van der Waals surface area (Å²) in [6, 6.07) is 0. The highest BCUT2D eigenvalue weighted by atomic mass is 16.7. The van der Waals surface area contributed by atoms with Gasteiger partial charge in [-0.05, 0) is 39.5 Å². The smallest absolute Gasteiger partial charge is 0.317 e. The summed E-state index contributed by atoms with van der Waals surface area (Å²) < 4.78 is 23.9. The molecular weight excluding hydrogens is 340 g/mol. The summed E-state index contributed by atoms with van der Waals surface area (Å²) in [5, 5.41) is 0. The molecule has 0 N–H and O–H groups in total. The number of esters is 3. The molecule has 2 aliphatic carbocycles. The van der Waals surface area contributed by atoms with E-state index in [9.17, 15) is 14.4 Å². The van der Waals surface area contributed by atoms with Crippen LogP contribution < -0.4 is 0 Å². The zero-order valence-electron chi connectivity index (χ0n) is 15.3. The van der Waals surface area contributed by atoms with Crippen LogP contribution in [0.2, 0.25) is 0 Å².